The summed E-state index contributed by atoms with van der Waals surface area (Å²) in [5.41, 5.74) is 7.01. The Bertz CT molecular complexity index is 419. The van der Waals surface area contributed by atoms with Crippen LogP contribution in [0.4, 0.5) is 0 Å². The number of halogens is 1. The van der Waals surface area contributed by atoms with Crippen LogP contribution in [0.1, 0.15) is 57.6 Å². The number of benzene rings is 1. The van der Waals surface area contributed by atoms with Gasteiger partial charge < -0.3 is 10.5 Å². The first kappa shape index (κ1) is 14.7. The Balaban J connectivity index is 2.10. The number of hydrogen-bond acceptors (Lipinski definition) is 2. The predicted octanol–water partition coefficient (Wildman–Crippen LogP) is 4.71. The highest BCUT2D eigenvalue weighted by molar-refractivity contribution is 6.30. The van der Waals surface area contributed by atoms with Crippen LogP contribution in [0.25, 0.3) is 0 Å². The van der Waals surface area contributed by atoms with Crippen molar-refractivity contribution in [3.63, 3.8) is 0 Å². The summed E-state index contributed by atoms with van der Waals surface area (Å²) < 4.78 is 6.20. The van der Waals surface area contributed by atoms with Crippen molar-refractivity contribution in [1.82, 2.24) is 0 Å². The molecule has 1 aliphatic rings. The first-order valence-corrected chi connectivity index (χ1v) is 7.69. The second-order valence-electron chi connectivity index (χ2n) is 5.65. The Morgan fingerprint density at radius 3 is 2.89 bits per heavy atom. The fourth-order valence-electron chi connectivity index (χ4n) is 2.88. The predicted molar refractivity (Wildman–Crippen MR) is 80.7 cm³/mol. The van der Waals surface area contributed by atoms with Crippen molar-refractivity contribution in [3.8, 4) is 5.75 Å². The summed E-state index contributed by atoms with van der Waals surface area (Å²) in [6.45, 7) is 4.23. The minimum Gasteiger partial charge on any atom is -0.490 e. The molecule has 2 rings (SSSR count). The lowest BCUT2D eigenvalue weighted by atomic mass is 9.85. The molecule has 2 N–H and O–H groups in total. The molecule has 0 saturated heterocycles. The SMILES string of the molecule is CCC1CCCC(Oc2ccc(Cl)cc2[C@@H](C)N)C1. The fourth-order valence-corrected chi connectivity index (χ4v) is 3.06. The zero-order chi connectivity index (χ0) is 13.8. The molecule has 1 aliphatic carbocycles. The Labute approximate surface area is 121 Å². The van der Waals surface area contributed by atoms with Crippen LogP contribution in [0.5, 0.6) is 5.75 Å². The molecule has 0 bridgehead atoms. The van der Waals surface area contributed by atoms with E-state index in [4.69, 9.17) is 22.1 Å². The molecule has 0 aliphatic heterocycles. The Morgan fingerprint density at radius 2 is 2.21 bits per heavy atom. The smallest absolute Gasteiger partial charge is 0.124 e. The largest absolute Gasteiger partial charge is 0.490 e. The molecule has 106 valence electrons. The van der Waals surface area contributed by atoms with Gasteiger partial charge in [0.25, 0.3) is 0 Å². The van der Waals surface area contributed by atoms with E-state index in [0.29, 0.717) is 6.10 Å². The standard InChI is InChI=1S/C16H24ClNO/c1-3-12-5-4-6-14(9-12)19-16-8-7-13(17)10-15(16)11(2)18/h7-8,10-12,14H,3-6,9,18H2,1-2H3/t11-,12?,14?/m1/s1. The van der Waals surface area contributed by atoms with Crippen LogP contribution in [-0.2, 0) is 0 Å². The molecule has 0 spiro atoms. The molecule has 19 heavy (non-hydrogen) atoms. The minimum absolute atomic E-state index is 0.0562. The lowest BCUT2D eigenvalue weighted by Crippen LogP contribution is -2.25. The second kappa shape index (κ2) is 6.62. The third-order valence-corrected chi connectivity index (χ3v) is 4.30. The monoisotopic (exact) mass is 281 g/mol. The van der Waals surface area contributed by atoms with Crippen molar-refractivity contribution in [2.24, 2.45) is 11.7 Å². The third-order valence-electron chi connectivity index (χ3n) is 4.07. The quantitative estimate of drug-likeness (QED) is 0.868. The van der Waals surface area contributed by atoms with Crippen molar-refractivity contribution in [3.05, 3.63) is 28.8 Å². The van der Waals surface area contributed by atoms with Crippen molar-refractivity contribution in [2.75, 3.05) is 0 Å². The lowest BCUT2D eigenvalue weighted by Gasteiger charge is -2.30. The first-order valence-electron chi connectivity index (χ1n) is 7.31. The molecule has 1 saturated carbocycles. The summed E-state index contributed by atoms with van der Waals surface area (Å²) in [5.74, 6) is 1.71. The van der Waals surface area contributed by atoms with E-state index in [0.717, 1.165) is 35.1 Å². The molecule has 2 nitrogen and oxygen atoms in total. The molecule has 0 radical (unpaired) electrons. The summed E-state index contributed by atoms with van der Waals surface area (Å²) in [7, 11) is 0. The summed E-state index contributed by atoms with van der Waals surface area (Å²) in [4.78, 5) is 0. The topological polar surface area (TPSA) is 35.2 Å². The van der Waals surface area contributed by atoms with Gasteiger partial charge in [0.15, 0.2) is 0 Å². The first-order chi connectivity index (χ1) is 9.10. The van der Waals surface area contributed by atoms with Gasteiger partial charge in [0.05, 0.1) is 6.10 Å². The molecule has 1 aromatic rings. The zero-order valence-electron chi connectivity index (χ0n) is 11.9. The van der Waals surface area contributed by atoms with Gasteiger partial charge >= 0.3 is 0 Å². The molecule has 0 amide bonds. The molecular formula is C16H24ClNO. The Kier molecular flexibility index (Phi) is 5.12. The second-order valence-corrected chi connectivity index (χ2v) is 6.09. The van der Waals surface area contributed by atoms with Crippen molar-refractivity contribution in [2.45, 2.75) is 58.1 Å². The van der Waals surface area contributed by atoms with Crippen molar-refractivity contribution >= 4 is 11.6 Å². The van der Waals surface area contributed by atoms with Gasteiger partial charge in [0.1, 0.15) is 5.75 Å². The van der Waals surface area contributed by atoms with E-state index in [2.05, 4.69) is 6.92 Å². The molecule has 3 atom stereocenters. The van der Waals surface area contributed by atoms with E-state index in [1.807, 2.05) is 25.1 Å². The number of hydrogen-bond donors (Lipinski definition) is 1. The van der Waals surface area contributed by atoms with Crippen LogP contribution in [0.3, 0.4) is 0 Å². The summed E-state index contributed by atoms with van der Waals surface area (Å²) in [6, 6.07) is 5.69. The number of ether oxygens (including phenoxy) is 1. The van der Waals surface area contributed by atoms with E-state index >= 15 is 0 Å². The van der Waals surface area contributed by atoms with Crippen molar-refractivity contribution < 1.29 is 4.74 Å². The van der Waals surface area contributed by atoms with Gasteiger partial charge in [-0.15, -0.1) is 0 Å². The summed E-state index contributed by atoms with van der Waals surface area (Å²) in [6.07, 6.45) is 6.51. The Hall–Kier alpha value is -0.730. The van der Waals surface area contributed by atoms with Crippen LogP contribution < -0.4 is 10.5 Å². The fraction of sp³-hybridized carbons (Fsp3) is 0.625. The zero-order valence-corrected chi connectivity index (χ0v) is 12.6. The van der Waals surface area contributed by atoms with E-state index in [1.54, 1.807) is 0 Å². The molecule has 3 heteroatoms. The van der Waals surface area contributed by atoms with E-state index in [-0.39, 0.29) is 6.04 Å². The van der Waals surface area contributed by atoms with Crippen LogP contribution >= 0.6 is 11.6 Å². The summed E-state index contributed by atoms with van der Waals surface area (Å²) >= 11 is 6.04. The molecule has 1 fully saturated rings. The summed E-state index contributed by atoms with van der Waals surface area (Å²) in [5, 5.41) is 0.717. The molecule has 0 heterocycles. The van der Waals surface area contributed by atoms with Gasteiger partial charge in [-0.2, -0.15) is 0 Å². The van der Waals surface area contributed by atoms with Crippen molar-refractivity contribution in [1.29, 1.82) is 0 Å². The highest BCUT2D eigenvalue weighted by Gasteiger charge is 2.23. The number of nitrogens with two attached hydrogens (primary N) is 1. The Morgan fingerprint density at radius 1 is 1.42 bits per heavy atom. The molecule has 0 aromatic heterocycles. The van der Waals surface area contributed by atoms with E-state index < -0.39 is 0 Å². The van der Waals surface area contributed by atoms with Gasteiger partial charge in [0, 0.05) is 16.6 Å². The molecule has 1 aromatic carbocycles. The van der Waals surface area contributed by atoms with Gasteiger partial charge in [0.2, 0.25) is 0 Å². The van der Waals surface area contributed by atoms with Gasteiger partial charge in [-0.05, 0) is 50.3 Å². The van der Waals surface area contributed by atoms with Gasteiger partial charge in [-0.1, -0.05) is 31.4 Å². The lowest BCUT2D eigenvalue weighted by molar-refractivity contribution is 0.120. The maximum Gasteiger partial charge on any atom is 0.124 e. The normalized spacial score (nSPS) is 25.1. The van der Waals surface area contributed by atoms with Gasteiger partial charge in [-0.3, -0.25) is 0 Å². The highest BCUT2D eigenvalue weighted by Crippen LogP contribution is 2.33. The number of rotatable bonds is 4. The average molecular weight is 282 g/mol. The van der Waals surface area contributed by atoms with Crippen LogP contribution in [0.2, 0.25) is 5.02 Å². The molecule has 2 unspecified atom stereocenters. The van der Waals surface area contributed by atoms with E-state index in [1.165, 1.54) is 19.3 Å². The third kappa shape index (κ3) is 3.87. The van der Waals surface area contributed by atoms with Gasteiger partial charge in [-0.25, -0.2) is 0 Å². The van der Waals surface area contributed by atoms with E-state index in [9.17, 15) is 0 Å². The van der Waals surface area contributed by atoms with Crippen LogP contribution in [0.15, 0.2) is 18.2 Å². The highest BCUT2D eigenvalue weighted by atomic mass is 35.5. The molecular weight excluding hydrogens is 258 g/mol. The van der Waals surface area contributed by atoms with Crippen LogP contribution in [0, 0.1) is 5.92 Å². The maximum absolute atomic E-state index is 6.20. The average Bonchev–Trinajstić information content (AvgIpc) is 2.41. The van der Waals surface area contributed by atoms with Crippen LogP contribution in [-0.4, -0.2) is 6.10 Å². The maximum atomic E-state index is 6.20. The minimum atomic E-state index is -0.0562.